The van der Waals surface area contributed by atoms with E-state index in [1.54, 1.807) is 0 Å². The number of hydrogen-bond donors (Lipinski definition) is 0. The highest BCUT2D eigenvalue weighted by Gasteiger charge is 2.59. The molecule has 1 fully saturated rings. The van der Waals surface area contributed by atoms with E-state index in [-0.39, 0.29) is 0 Å². The second-order valence-corrected chi connectivity index (χ2v) is 6.07. The standard InChI is InChI=1S/C17H24O11/c1-7(18)24-13-12(23-6)14(25-8(2)19)16(27-10(4)21)17(28-11(5)22)15(13)26-9(3)20/h12-17H,1-6H3/t12?,13-,14+,15-,16-,17?/m0/s1. The minimum atomic E-state index is -1.43. The average molecular weight is 404 g/mol. The van der Waals surface area contributed by atoms with Crippen LogP contribution in [0.5, 0.6) is 0 Å². The van der Waals surface area contributed by atoms with Crippen molar-refractivity contribution < 1.29 is 52.4 Å². The maximum atomic E-state index is 11.6. The Morgan fingerprint density at radius 3 is 0.750 bits per heavy atom. The van der Waals surface area contributed by atoms with E-state index in [2.05, 4.69) is 0 Å². The van der Waals surface area contributed by atoms with Crippen LogP contribution in [-0.4, -0.2) is 73.6 Å². The maximum Gasteiger partial charge on any atom is 0.303 e. The van der Waals surface area contributed by atoms with Gasteiger partial charge in [0.25, 0.3) is 0 Å². The Bertz CT molecular complexity index is 585. The van der Waals surface area contributed by atoms with Crippen LogP contribution < -0.4 is 0 Å². The quantitative estimate of drug-likeness (QED) is 0.424. The molecule has 158 valence electrons. The highest BCUT2D eigenvalue weighted by Crippen LogP contribution is 2.34. The fourth-order valence-corrected chi connectivity index (χ4v) is 3.02. The maximum absolute atomic E-state index is 11.6. The summed E-state index contributed by atoms with van der Waals surface area (Å²) >= 11 is 0. The smallest absolute Gasteiger partial charge is 0.303 e. The molecule has 1 rings (SSSR count). The van der Waals surface area contributed by atoms with Crippen molar-refractivity contribution in [1.82, 2.24) is 0 Å². The number of carbonyl (C=O) groups is 5. The molecule has 0 bridgehead atoms. The lowest BCUT2D eigenvalue weighted by atomic mass is 9.83. The number of hydrogen-bond acceptors (Lipinski definition) is 11. The molecule has 1 aliphatic carbocycles. The molecule has 1 saturated carbocycles. The van der Waals surface area contributed by atoms with Crippen LogP contribution in [0.4, 0.5) is 0 Å². The molecular formula is C17H24O11. The number of carbonyl (C=O) groups excluding carboxylic acids is 5. The molecule has 0 heterocycles. The molecule has 0 aliphatic heterocycles. The second-order valence-electron chi connectivity index (χ2n) is 6.07. The van der Waals surface area contributed by atoms with Crippen molar-refractivity contribution in [3.8, 4) is 0 Å². The van der Waals surface area contributed by atoms with E-state index < -0.39 is 66.5 Å². The molecule has 0 N–H and O–H groups in total. The summed E-state index contributed by atoms with van der Waals surface area (Å²) in [6, 6.07) is 0. The summed E-state index contributed by atoms with van der Waals surface area (Å²) < 4.78 is 31.4. The first kappa shape index (κ1) is 23.3. The van der Waals surface area contributed by atoms with Gasteiger partial charge in [-0.2, -0.15) is 0 Å². The van der Waals surface area contributed by atoms with Gasteiger partial charge in [0.2, 0.25) is 0 Å². The van der Waals surface area contributed by atoms with Gasteiger partial charge in [0.05, 0.1) is 0 Å². The van der Waals surface area contributed by atoms with Crippen molar-refractivity contribution >= 4 is 29.8 Å². The van der Waals surface area contributed by atoms with Crippen LogP contribution in [0.25, 0.3) is 0 Å². The zero-order valence-electron chi connectivity index (χ0n) is 16.5. The fourth-order valence-electron chi connectivity index (χ4n) is 3.02. The Balaban J connectivity index is 3.54. The third-order valence-electron chi connectivity index (χ3n) is 3.73. The van der Waals surface area contributed by atoms with Crippen molar-refractivity contribution in [3.05, 3.63) is 0 Å². The summed E-state index contributed by atoms with van der Waals surface area (Å²) in [4.78, 5) is 58.1. The molecule has 2 unspecified atom stereocenters. The van der Waals surface area contributed by atoms with Crippen LogP contribution in [-0.2, 0) is 52.4 Å². The van der Waals surface area contributed by atoms with Crippen LogP contribution in [0.2, 0.25) is 0 Å². The minimum absolute atomic E-state index is 0.752. The first-order valence-corrected chi connectivity index (χ1v) is 8.36. The number of esters is 5. The number of ether oxygens (including phenoxy) is 6. The first-order valence-electron chi connectivity index (χ1n) is 8.36. The Morgan fingerprint density at radius 1 is 0.429 bits per heavy atom. The molecule has 28 heavy (non-hydrogen) atoms. The van der Waals surface area contributed by atoms with Crippen molar-refractivity contribution in [2.75, 3.05) is 7.11 Å². The van der Waals surface area contributed by atoms with Gasteiger partial charge in [-0.15, -0.1) is 0 Å². The average Bonchev–Trinajstić information content (AvgIpc) is 2.52. The van der Waals surface area contributed by atoms with E-state index in [0.717, 1.165) is 34.6 Å². The predicted octanol–water partition coefficient (Wildman–Crippen LogP) is -0.326. The van der Waals surface area contributed by atoms with Gasteiger partial charge in [0.1, 0.15) is 6.10 Å². The highest BCUT2D eigenvalue weighted by atomic mass is 16.7. The summed E-state index contributed by atoms with van der Waals surface area (Å²) in [5.74, 6) is -3.85. The van der Waals surface area contributed by atoms with Gasteiger partial charge in [0, 0.05) is 41.7 Å². The van der Waals surface area contributed by atoms with Crippen LogP contribution in [0.15, 0.2) is 0 Å². The SMILES string of the molecule is COC1[C@@H](OC(C)=O)[C@H](OC(C)=O)C(OC(C)=O)[C@@H](OC(C)=O)[C@H]1OC(C)=O. The van der Waals surface area contributed by atoms with Gasteiger partial charge < -0.3 is 28.4 Å². The third-order valence-corrected chi connectivity index (χ3v) is 3.73. The molecule has 0 aromatic rings. The molecule has 0 saturated heterocycles. The van der Waals surface area contributed by atoms with E-state index in [0.29, 0.717) is 0 Å². The summed E-state index contributed by atoms with van der Waals surface area (Å²) in [6.45, 7) is 5.49. The largest absolute Gasteiger partial charge is 0.455 e. The van der Waals surface area contributed by atoms with Crippen LogP contribution in [0.3, 0.4) is 0 Å². The molecule has 11 nitrogen and oxygen atoms in total. The lowest BCUT2D eigenvalue weighted by Gasteiger charge is -2.46. The van der Waals surface area contributed by atoms with E-state index in [1.165, 1.54) is 7.11 Å². The van der Waals surface area contributed by atoms with Gasteiger partial charge >= 0.3 is 29.8 Å². The number of methoxy groups -OCH3 is 1. The monoisotopic (exact) mass is 404 g/mol. The summed E-state index contributed by atoms with van der Waals surface area (Å²) in [5, 5.41) is 0. The molecule has 0 spiro atoms. The predicted molar refractivity (Wildman–Crippen MR) is 88.6 cm³/mol. The van der Waals surface area contributed by atoms with E-state index in [9.17, 15) is 24.0 Å². The molecule has 11 heteroatoms. The molecule has 0 amide bonds. The van der Waals surface area contributed by atoms with E-state index >= 15 is 0 Å². The Kier molecular flexibility index (Phi) is 8.35. The van der Waals surface area contributed by atoms with Gasteiger partial charge in [0.15, 0.2) is 30.5 Å². The summed E-state index contributed by atoms with van der Waals surface area (Å²) in [7, 11) is 1.24. The Morgan fingerprint density at radius 2 is 0.607 bits per heavy atom. The van der Waals surface area contributed by atoms with Gasteiger partial charge in [-0.3, -0.25) is 24.0 Å². The molecular weight excluding hydrogens is 380 g/mol. The molecule has 1 aliphatic rings. The van der Waals surface area contributed by atoms with Crippen molar-refractivity contribution in [2.45, 2.75) is 71.2 Å². The lowest BCUT2D eigenvalue weighted by Crippen LogP contribution is -2.68. The van der Waals surface area contributed by atoms with Crippen molar-refractivity contribution in [2.24, 2.45) is 0 Å². The Hall–Kier alpha value is -2.69. The Labute approximate surface area is 161 Å². The third kappa shape index (κ3) is 6.19. The van der Waals surface area contributed by atoms with Crippen molar-refractivity contribution in [1.29, 1.82) is 0 Å². The topological polar surface area (TPSA) is 141 Å². The highest BCUT2D eigenvalue weighted by molar-refractivity contribution is 5.70. The molecule has 6 atom stereocenters. The van der Waals surface area contributed by atoms with E-state index in [1.807, 2.05) is 0 Å². The summed E-state index contributed by atoms with van der Waals surface area (Å²) in [6.07, 6.45) is -8.00. The van der Waals surface area contributed by atoms with Crippen LogP contribution >= 0.6 is 0 Å². The zero-order valence-corrected chi connectivity index (χ0v) is 16.5. The first-order chi connectivity index (χ1) is 13.0. The van der Waals surface area contributed by atoms with Crippen LogP contribution in [0.1, 0.15) is 34.6 Å². The van der Waals surface area contributed by atoms with Crippen molar-refractivity contribution in [3.63, 3.8) is 0 Å². The summed E-state index contributed by atoms with van der Waals surface area (Å²) in [5.41, 5.74) is 0. The molecule has 0 aromatic carbocycles. The number of rotatable bonds is 6. The van der Waals surface area contributed by atoms with Gasteiger partial charge in [-0.1, -0.05) is 0 Å². The minimum Gasteiger partial charge on any atom is -0.455 e. The molecule has 0 radical (unpaired) electrons. The van der Waals surface area contributed by atoms with E-state index in [4.69, 9.17) is 28.4 Å². The molecule has 0 aromatic heterocycles. The zero-order chi connectivity index (χ0) is 21.6. The normalized spacial score (nSPS) is 29.2. The van der Waals surface area contributed by atoms with Gasteiger partial charge in [-0.25, -0.2) is 0 Å². The fraction of sp³-hybridized carbons (Fsp3) is 0.706. The van der Waals surface area contributed by atoms with Gasteiger partial charge in [-0.05, 0) is 0 Å². The second kappa shape index (κ2) is 10.0. The van der Waals surface area contributed by atoms with Crippen LogP contribution in [0, 0.1) is 0 Å². The lowest BCUT2D eigenvalue weighted by molar-refractivity contribution is -0.259.